The molecule has 0 aromatic rings. The van der Waals surface area contributed by atoms with Crippen molar-refractivity contribution in [3.63, 3.8) is 0 Å². The quantitative estimate of drug-likeness (QED) is 0.245. The predicted molar refractivity (Wildman–Crippen MR) is 38.4 cm³/mol. The Labute approximate surface area is 67.2 Å². The van der Waals surface area contributed by atoms with Crippen molar-refractivity contribution in [2.24, 2.45) is 0 Å². The van der Waals surface area contributed by atoms with Gasteiger partial charge in [0.1, 0.15) is 0 Å². The van der Waals surface area contributed by atoms with Crippen molar-refractivity contribution in [2.75, 3.05) is 12.3 Å². The van der Waals surface area contributed by atoms with Crippen LogP contribution in [0.25, 0.3) is 0 Å². The fourth-order valence-corrected chi connectivity index (χ4v) is 1.33. The normalized spacial score (nSPS) is 16.5. The number of hydrazine groups is 1. The summed E-state index contributed by atoms with van der Waals surface area (Å²) in [5.74, 6) is -1.07. The van der Waals surface area contributed by atoms with Gasteiger partial charge in [-0.05, 0) is 0 Å². The maximum atomic E-state index is 10.8. The molecule has 1 rings (SSSR count). The van der Waals surface area contributed by atoms with Crippen LogP contribution in [0.5, 0.6) is 0 Å². The minimum atomic E-state index is -1.01. The second-order valence-corrected chi connectivity index (χ2v) is 2.76. The average Bonchev–Trinajstić information content (AvgIpc) is 2.53. The Hall–Kier alpha value is -0.880. The third-order valence-electron chi connectivity index (χ3n) is 1.15. The van der Waals surface area contributed by atoms with Gasteiger partial charge < -0.3 is 0 Å². The van der Waals surface area contributed by atoms with E-state index >= 15 is 0 Å². The maximum absolute atomic E-state index is 10.8. The lowest BCUT2D eigenvalue weighted by Gasteiger charge is -2.10. The van der Waals surface area contributed by atoms with Crippen molar-refractivity contribution in [3.05, 3.63) is 0 Å². The highest BCUT2D eigenvalue weighted by Crippen LogP contribution is 2.05. The van der Waals surface area contributed by atoms with E-state index in [0.717, 1.165) is 10.8 Å². The number of amides is 1. The van der Waals surface area contributed by atoms with Gasteiger partial charge in [-0.25, -0.2) is 0 Å². The third-order valence-corrected chi connectivity index (χ3v) is 1.89. The average molecular weight is 174 g/mol. The van der Waals surface area contributed by atoms with Crippen molar-refractivity contribution >= 4 is 29.9 Å². The highest BCUT2D eigenvalue weighted by Gasteiger charge is 2.23. The Bertz CT molecular complexity index is 200. The second-order valence-electron chi connectivity index (χ2n) is 1.88. The van der Waals surface area contributed by atoms with E-state index in [-0.39, 0.29) is 6.29 Å². The molecular formula is C5H6N2O3S. The summed E-state index contributed by atoms with van der Waals surface area (Å²) in [5.41, 5.74) is 0. The predicted octanol–water partition coefficient (Wildman–Crippen LogP) is -1.25. The molecule has 1 fully saturated rings. The molecule has 0 unspecified atom stereocenters. The van der Waals surface area contributed by atoms with Crippen molar-refractivity contribution in [1.82, 2.24) is 9.84 Å². The lowest BCUT2D eigenvalue weighted by atomic mass is 10.4. The van der Waals surface area contributed by atoms with E-state index < -0.39 is 11.7 Å². The number of nitrogens with zero attached hydrogens (tertiary/aromatic N) is 1. The summed E-state index contributed by atoms with van der Waals surface area (Å²) in [7, 11) is 0. The van der Waals surface area contributed by atoms with Crippen molar-refractivity contribution in [2.45, 2.75) is 0 Å². The standard InChI is InChI=1S/C5H6N2O3S/c8-3-4(9)5(10)7-1-2-11-6-7/h3,6H,1-2H2. The molecule has 1 N–H and O–H groups in total. The van der Waals surface area contributed by atoms with Gasteiger partial charge in [0.25, 0.3) is 5.78 Å². The Morgan fingerprint density at radius 1 is 1.55 bits per heavy atom. The smallest absolute Gasteiger partial charge is 0.294 e. The summed E-state index contributed by atoms with van der Waals surface area (Å²) in [4.78, 5) is 33.8. The van der Waals surface area contributed by atoms with Gasteiger partial charge in [-0.3, -0.25) is 19.4 Å². The number of hydrogen-bond donors (Lipinski definition) is 1. The number of aldehydes is 1. The van der Waals surface area contributed by atoms with Gasteiger partial charge in [-0.15, -0.1) is 0 Å². The Balaban J connectivity index is 2.52. The summed E-state index contributed by atoms with van der Waals surface area (Å²) in [5, 5.41) is 1.13. The number of rotatable bonds is 2. The molecule has 0 spiro atoms. The first kappa shape index (κ1) is 8.22. The molecule has 6 heteroatoms. The van der Waals surface area contributed by atoms with E-state index in [1.807, 2.05) is 0 Å². The molecule has 60 valence electrons. The number of nitrogens with one attached hydrogen (secondary N) is 1. The van der Waals surface area contributed by atoms with Crippen molar-refractivity contribution in [3.8, 4) is 0 Å². The first-order valence-corrected chi connectivity index (χ1v) is 3.92. The molecule has 1 amide bonds. The van der Waals surface area contributed by atoms with Crippen LogP contribution in [0.15, 0.2) is 0 Å². The zero-order valence-electron chi connectivity index (χ0n) is 5.57. The van der Waals surface area contributed by atoms with Gasteiger partial charge in [0, 0.05) is 12.3 Å². The van der Waals surface area contributed by atoms with E-state index in [4.69, 9.17) is 0 Å². The summed E-state index contributed by atoms with van der Waals surface area (Å²) in [6, 6.07) is 0. The largest absolute Gasteiger partial charge is 0.312 e. The minimum absolute atomic E-state index is 0.0208. The Morgan fingerprint density at radius 2 is 2.27 bits per heavy atom. The summed E-state index contributed by atoms with van der Waals surface area (Å²) < 4.78 is 0. The van der Waals surface area contributed by atoms with E-state index in [1.165, 1.54) is 11.9 Å². The van der Waals surface area contributed by atoms with Gasteiger partial charge in [0.15, 0.2) is 6.29 Å². The van der Waals surface area contributed by atoms with Crippen molar-refractivity contribution in [1.29, 1.82) is 0 Å². The van der Waals surface area contributed by atoms with Gasteiger partial charge in [0.05, 0.1) is 0 Å². The molecule has 0 aromatic carbocycles. The zero-order chi connectivity index (χ0) is 8.27. The Kier molecular flexibility index (Phi) is 2.61. The van der Waals surface area contributed by atoms with Crippen LogP contribution in [0.3, 0.4) is 0 Å². The Morgan fingerprint density at radius 3 is 2.73 bits per heavy atom. The molecule has 11 heavy (non-hydrogen) atoms. The first-order chi connectivity index (χ1) is 5.25. The monoisotopic (exact) mass is 174 g/mol. The van der Waals surface area contributed by atoms with E-state index in [2.05, 4.69) is 4.83 Å². The van der Waals surface area contributed by atoms with E-state index in [1.54, 1.807) is 0 Å². The second kappa shape index (κ2) is 3.49. The molecule has 1 heterocycles. The number of carbonyl (C=O) groups excluding carboxylic acids is 3. The lowest BCUT2D eigenvalue weighted by molar-refractivity contribution is -0.147. The van der Waals surface area contributed by atoms with Crippen LogP contribution in [-0.2, 0) is 14.4 Å². The topological polar surface area (TPSA) is 66.5 Å². The fraction of sp³-hybridized carbons (Fsp3) is 0.400. The fourth-order valence-electron chi connectivity index (χ4n) is 0.633. The first-order valence-electron chi connectivity index (χ1n) is 2.94. The number of ketones is 1. The summed E-state index contributed by atoms with van der Waals surface area (Å²) >= 11 is 1.33. The molecule has 1 aliphatic heterocycles. The molecule has 0 aliphatic carbocycles. The number of hydrogen-bond acceptors (Lipinski definition) is 5. The maximum Gasteiger partial charge on any atom is 0.312 e. The van der Waals surface area contributed by atoms with Crippen LogP contribution in [-0.4, -0.2) is 35.3 Å². The molecule has 0 aromatic heterocycles. The highest BCUT2D eigenvalue weighted by atomic mass is 32.2. The van der Waals surface area contributed by atoms with Gasteiger partial charge in [-0.2, -0.15) is 4.83 Å². The molecule has 0 bridgehead atoms. The molecule has 1 aliphatic rings. The van der Waals surface area contributed by atoms with Crippen LogP contribution < -0.4 is 4.83 Å². The van der Waals surface area contributed by atoms with Crippen LogP contribution >= 0.6 is 11.9 Å². The van der Waals surface area contributed by atoms with E-state index in [0.29, 0.717) is 6.54 Å². The SMILES string of the molecule is O=CC(=O)C(=O)N1CCSN1. The number of carbonyl (C=O) groups is 3. The zero-order valence-corrected chi connectivity index (χ0v) is 6.39. The third kappa shape index (κ3) is 1.78. The van der Waals surface area contributed by atoms with Crippen LogP contribution in [0.1, 0.15) is 0 Å². The van der Waals surface area contributed by atoms with Crippen molar-refractivity contribution < 1.29 is 14.4 Å². The molecule has 0 radical (unpaired) electrons. The molecule has 0 saturated carbocycles. The molecule has 0 atom stereocenters. The van der Waals surface area contributed by atoms with Crippen LogP contribution in [0.4, 0.5) is 0 Å². The molecule has 5 nitrogen and oxygen atoms in total. The van der Waals surface area contributed by atoms with Crippen LogP contribution in [0.2, 0.25) is 0 Å². The summed E-state index contributed by atoms with van der Waals surface area (Å²) in [6.45, 7) is 0.461. The van der Waals surface area contributed by atoms with Gasteiger partial charge >= 0.3 is 5.91 Å². The van der Waals surface area contributed by atoms with Gasteiger partial charge in [0.2, 0.25) is 0 Å². The summed E-state index contributed by atoms with van der Waals surface area (Å²) in [6.07, 6.45) is 0.0208. The molecule has 1 saturated heterocycles. The lowest BCUT2D eigenvalue weighted by Crippen LogP contribution is -2.40. The minimum Gasteiger partial charge on any atom is -0.294 e. The number of Topliss-reactive ketones (excluding diaryl/α,β-unsaturated/α-hetero) is 1. The highest BCUT2D eigenvalue weighted by molar-refractivity contribution is 7.97. The van der Waals surface area contributed by atoms with Gasteiger partial charge in [-0.1, -0.05) is 11.9 Å². The molecular weight excluding hydrogens is 168 g/mol. The van der Waals surface area contributed by atoms with E-state index in [9.17, 15) is 14.4 Å². The van der Waals surface area contributed by atoms with Crippen LogP contribution in [0, 0.1) is 0 Å².